The Labute approximate surface area is 184 Å². The maximum atomic E-state index is 13.2. The van der Waals surface area contributed by atoms with Gasteiger partial charge in [-0.05, 0) is 92.3 Å². The van der Waals surface area contributed by atoms with Crippen LogP contribution in [0.1, 0.15) is 91.9 Å². The zero-order valence-electron chi connectivity index (χ0n) is 20.1. The second-order valence-electron chi connectivity index (χ2n) is 11.8. The number of amides is 1. The summed E-state index contributed by atoms with van der Waals surface area (Å²) in [4.78, 5) is 15.2. The van der Waals surface area contributed by atoms with Gasteiger partial charge in [0.15, 0.2) is 0 Å². The van der Waals surface area contributed by atoms with E-state index in [9.17, 15) is 9.90 Å². The summed E-state index contributed by atoms with van der Waals surface area (Å²) < 4.78 is 0. The highest BCUT2D eigenvalue weighted by Gasteiger charge is 2.58. The second-order valence-corrected chi connectivity index (χ2v) is 11.8. The van der Waals surface area contributed by atoms with Gasteiger partial charge >= 0.3 is 0 Å². The number of fused-ring (bicyclic) bond motifs is 5. The number of allylic oxidation sites excluding steroid dienone is 2. The highest BCUT2D eigenvalue weighted by Crippen LogP contribution is 2.66. The predicted octanol–water partition coefficient (Wildman–Crippen LogP) is 5.82. The van der Waals surface area contributed by atoms with Crippen LogP contribution < -0.4 is 0 Å². The minimum atomic E-state index is -0.0840. The van der Waals surface area contributed by atoms with Crippen molar-refractivity contribution in [3.05, 3.63) is 11.6 Å². The molecule has 0 bridgehead atoms. The molecule has 0 radical (unpaired) electrons. The molecule has 0 aromatic carbocycles. The van der Waals surface area contributed by atoms with Crippen molar-refractivity contribution in [2.45, 2.75) is 98.0 Å². The van der Waals surface area contributed by atoms with Crippen molar-refractivity contribution >= 4 is 5.91 Å². The molecule has 30 heavy (non-hydrogen) atoms. The van der Waals surface area contributed by atoms with Crippen LogP contribution in [0.25, 0.3) is 0 Å². The van der Waals surface area contributed by atoms with Crippen LogP contribution in [-0.2, 0) is 4.79 Å². The van der Waals surface area contributed by atoms with Crippen molar-refractivity contribution in [1.82, 2.24) is 4.90 Å². The summed E-state index contributed by atoms with van der Waals surface area (Å²) in [6.45, 7) is 10.3. The Morgan fingerprint density at radius 3 is 2.60 bits per heavy atom. The Bertz CT molecular complexity index is 686. The van der Waals surface area contributed by atoms with Crippen molar-refractivity contribution in [2.24, 2.45) is 40.4 Å². The maximum Gasteiger partial charge on any atom is 0.225 e. The first-order valence-corrected chi connectivity index (χ1v) is 12.8. The van der Waals surface area contributed by atoms with E-state index in [-0.39, 0.29) is 17.4 Å². The summed E-state index contributed by atoms with van der Waals surface area (Å²) in [6, 6.07) is 0. The first-order chi connectivity index (χ1) is 14.2. The Hall–Kier alpha value is -0.830. The number of carbonyl (C=O) groups excluding carboxylic acids is 1. The van der Waals surface area contributed by atoms with Crippen molar-refractivity contribution < 1.29 is 9.90 Å². The average Bonchev–Trinajstić information content (AvgIpc) is 3.08. The van der Waals surface area contributed by atoms with E-state index in [4.69, 9.17) is 0 Å². The quantitative estimate of drug-likeness (QED) is 0.575. The number of rotatable bonds is 5. The molecule has 3 saturated carbocycles. The van der Waals surface area contributed by atoms with Crippen molar-refractivity contribution in [1.29, 1.82) is 0 Å². The summed E-state index contributed by atoms with van der Waals surface area (Å²) in [7, 11) is 2.00. The van der Waals surface area contributed by atoms with E-state index in [1.54, 1.807) is 5.57 Å². The minimum Gasteiger partial charge on any atom is -0.393 e. The molecule has 3 fully saturated rings. The van der Waals surface area contributed by atoms with Crippen LogP contribution in [0.15, 0.2) is 11.6 Å². The fraction of sp³-hybridized carbons (Fsp3) is 0.889. The summed E-state index contributed by atoms with van der Waals surface area (Å²) >= 11 is 0. The van der Waals surface area contributed by atoms with Gasteiger partial charge in [-0.1, -0.05) is 45.8 Å². The van der Waals surface area contributed by atoms with Crippen LogP contribution in [-0.4, -0.2) is 35.6 Å². The maximum absolute atomic E-state index is 13.2. The molecule has 4 rings (SSSR count). The molecule has 0 unspecified atom stereocenters. The highest BCUT2D eigenvalue weighted by atomic mass is 16.3. The standard InChI is InChI=1S/C27H45NO2/c1-6-7-16-28(5)25(30)18(2)22-10-11-23-21-9-8-19-17-20(29)12-14-26(19,3)24(21)13-15-27(22,23)4/h9,18-20,22-24,29H,6-8,10-17H2,1-5H3/t18-,19-,20-,22+,23-,24-,26-,27+/m0/s1. The molecule has 4 aliphatic carbocycles. The summed E-state index contributed by atoms with van der Waals surface area (Å²) in [5, 5.41) is 10.2. The third-order valence-corrected chi connectivity index (χ3v) is 10.3. The van der Waals surface area contributed by atoms with Crippen LogP contribution in [0, 0.1) is 40.4 Å². The van der Waals surface area contributed by atoms with Crippen molar-refractivity contribution in [3.63, 3.8) is 0 Å². The summed E-state index contributed by atoms with van der Waals surface area (Å²) in [5.41, 5.74) is 2.41. The molecular formula is C27H45NO2. The molecule has 0 spiro atoms. The Balaban J connectivity index is 1.53. The Kier molecular flexibility index (Phi) is 6.16. The number of nitrogens with zero attached hydrogens (tertiary/aromatic N) is 1. The lowest BCUT2D eigenvalue weighted by Crippen LogP contribution is -2.50. The van der Waals surface area contributed by atoms with Gasteiger partial charge in [-0.25, -0.2) is 0 Å². The zero-order valence-corrected chi connectivity index (χ0v) is 20.1. The highest BCUT2D eigenvalue weighted by molar-refractivity contribution is 5.78. The third kappa shape index (κ3) is 3.48. The molecule has 1 N–H and O–H groups in total. The lowest BCUT2D eigenvalue weighted by Gasteiger charge is -2.57. The van der Waals surface area contributed by atoms with Gasteiger partial charge in [0.1, 0.15) is 0 Å². The fourth-order valence-electron chi connectivity index (χ4n) is 8.38. The van der Waals surface area contributed by atoms with Crippen LogP contribution in [0.4, 0.5) is 0 Å². The van der Waals surface area contributed by atoms with Crippen LogP contribution in [0.2, 0.25) is 0 Å². The van der Waals surface area contributed by atoms with E-state index in [1.165, 1.54) is 32.1 Å². The summed E-state index contributed by atoms with van der Waals surface area (Å²) in [6.07, 6.45) is 14.1. The summed E-state index contributed by atoms with van der Waals surface area (Å²) in [5.74, 6) is 3.05. The number of carbonyl (C=O) groups is 1. The molecule has 170 valence electrons. The van der Waals surface area contributed by atoms with Gasteiger partial charge in [0.2, 0.25) is 5.91 Å². The van der Waals surface area contributed by atoms with E-state index in [0.29, 0.717) is 35.0 Å². The molecule has 0 saturated heterocycles. The SMILES string of the molecule is CCCCN(C)C(=O)[C@@H](C)[C@H]1CC[C@H]2C3=CC[C@H]4C[C@@H](O)CC[C@]4(C)[C@H]3CC[C@]12C. The van der Waals surface area contributed by atoms with Gasteiger partial charge in [0, 0.05) is 19.5 Å². The normalized spacial score (nSPS) is 43.8. The van der Waals surface area contributed by atoms with Crippen molar-refractivity contribution in [2.75, 3.05) is 13.6 Å². The van der Waals surface area contributed by atoms with Gasteiger partial charge in [0.25, 0.3) is 0 Å². The Morgan fingerprint density at radius 2 is 1.87 bits per heavy atom. The zero-order chi connectivity index (χ0) is 21.7. The molecule has 8 atom stereocenters. The van der Waals surface area contributed by atoms with Gasteiger partial charge < -0.3 is 10.0 Å². The predicted molar refractivity (Wildman–Crippen MR) is 123 cm³/mol. The molecule has 0 aliphatic heterocycles. The molecule has 1 amide bonds. The minimum absolute atomic E-state index is 0.0840. The van der Waals surface area contributed by atoms with E-state index in [0.717, 1.165) is 38.6 Å². The molecule has 3 heteroatoms. The molecule has 4 aliphatic rings. The smallest absolute Gasteiger partial charge is 0.225 e. The average molecular weight is 416 g/mol. The first kappa shape index (κ1) is 22.4. The number of hydrogen-bond acceptors (Lipinski definition) is 2. The number of aliphatic hydroxyl groups excluding tert-OH is 1. The van der Waals surface area contributed by atoms with Crippen LogP contribution in [0.5, 0.6) is 0 Å². The van der Waals surface area contributed by atoms with E-state index in [1.807, 2.05) is 11.9 Å². The fourth-order valence-corrected chi connectivity index (χ4v) is 8.38. The molecular weight excluding hydrogens is 370 g/mol. The van der Waals surface area contributed by atoms with Crippen molar-refractivity contribution in [3.8, 4) is 0 Å². The van der Waals surface area contributed by atoms with Gasteiger partial charge in [-0.2, -0.15) is 0 Å². The van der Waals surface area contributed by atoms with E-state index >= 15 is 0 Å². The van der Waals surface area contributed by atoms with Gasteiger partial charge in [0.05, 0.1) is 6.10 Å². The lowest BCUT2D eigenvalue weighted by molar-refractivity contribution is -0.137. The van der Waals surface area contributed by atoms with E-state index in [2.05, 4.69) is 33.8 Å². The molecule has 3 nitrogen and oxygen atoms in total. The third-order valence-electron chi connectivity index (χ3n) is 10.3. The lowest BCUT2D eigenvalue weighted by atomic mass is 9.47. The second kappa shape index (κ2) is 8.26. The van der Waals surface area contributed by atoms with Gasteiger partial charge in [-0.3, -0.25) is 4.79 Å². The first-order valence-electron chi connectivity index (χ1n) is 12.8. The van der Waals surface area contributed by atoms with Crippen LogP contribution >= 0.6 is 0 Å². The van der Waals surface area contributed by atoms with E-state index < -0.39 is 0 Å². The topological polar surface area (TPSA) is 40.5 Å². The number of unbranched alkanes of at least 4 members (excludes halogenated alkanes) is 1. The monoisotopic (exact) mass is 415 g/mol. The van der Waals surface area contributed by atoms with Crippen LogP contribution in [0.3, 0.4) is 0 Å². The molecule has 0 heterocycles. The number of aliphatic hydroxyl groups is 1. The molecule has 0 aromatic heterocycles. The van der Waals surface area contributed by atoms with Gasteiger partial charge in [-0.15, -0.1) is 0 Å². The Morgan fingerprint density at radius 1 is 1.17 bits per heavy atom. The largest absolute Gasteiger partial charge is 0.393 e. The molecule has 0 aromatic rings. The number of hydrogen-bond donors (Lipinski definition) is 1.